The molecule has 0 aromatic rings. The molecule has 0 saturated carbocycles. The highest BCUT2D eigenvalue weighted by Crippen LogP contribution is 2.25. The van der Waals surface area contributed by atoms with Gasteiger partial charge in [-0.05, 0) is 37.2 Å². The molecule has 1 aliphatic carbocycles. The molecule has 2 aliphatic rings. The number of nitrogens with zero attached hydrogens (tertiary/aromatic N) is 1. The number of amides is 1. The van der Waals surface area contributed by atoms with Gasteiger partial charge >= 0.3 is 0 Å². The van der Waals surface area contributed by atoms with Crippen LogP contribution in [0, 0.1) is 5.92 Å². The van der Waals surface area contributed by atoms with Crippen LogP contribution in [-0.4, -0.2) is 29.9 Å². The van der Waals surface area contributed by atoms with Gasteiger partial charge < -0.3 is 10.2 Å². The molecular weight excluding hydrogens is 236 g/mol. The minimum absolute atomic E-state index is 0.207. The molecule has 0 spiro atoms. The molecule has 3 heteroatoms. The lowest BCUT2D eigenvalue weighted by Gasteiger charge is -2.34. The van der Waals surface area contributed by atoms with Crippen LogP contribution in [0.1, 0.15) is 46.5 Å². The molecule has 106 valence electrons. The zero-order valence-electron chi connectivity index (χ0n) is 12.4. The van der Waals surface area contributed by atoms with Crippen molar-refractivity contribution in [1.82, 2.24) is 10.2 Å². The Morgan fingerprint density at radius 3 is 2.47 bits per heavy atom. The van der Waals surface area contributed by atoms with Gasteiger partial charge in [-0.15, -0.1) is 0 Å². The Bertz CT molecular complexity index is 388. The van der Waals surface area contributed by atoms with Crippen LogP contribution in [0.25, 0.3) is 0 Å². The van der Waals surface area contributed by atoms with Crippen LogP contribution in [0.5, 0.6) is 0 Å². The fourth-order valence-electron chi connectivity index (χ4n) is 2.94. The molecule has 1 heterocycles. The maximum absolute atomic E-state index is 11.3. The molecule has 1 saturated heterocycles. The van der Waals surface area contributed by atoms with Crippen molar-refractivity contribution in [2.75, 3.05) is 13.1 Å². The van der Waals surface area contributed by atoms with E-state index >= 15 is 0 Å². The first kappa shape index (κ1) is 14.2. The summed E-state index contributed by atoms with van der Waals surface area (Å²) in [5.41, 5.74) is 2.79. The number of rotatable bonds is 3. The molecular formula is C16H26N2O. The minimum Gasteiger partial charge on any atom is -0.382 e. The molecule has 2 rings (SSSR count). The first-order chi connectivity index (χ1) is 9.08. The van der Waals surface area contributed by atoms with Gasteiger partial charge in [0.15, 0.2) is 0 Å². The number of piperidine rings is 1. The van der Waals surface area contributed by atoms with E-state index in [0.717, 1.165) is 32.4 Å². The Morgan fingerprint density at radius 2 is 1.89 bits per heavy atom. The third kappa shape index (κ3) is 3.62. The molecule has 0 unspecified atom stereocenters. The smallest absolute Gasteiger partial charge is 0.219 e. The lowest BCUT2D eigenvalue weighted by molar-refractivity contribution is -0.129. The standard InChI is InChI=1S/C16H26N2O/c1-12(2)15-6-4-5-7-16(15)17-14-8-10-18(11-9-14)13(3)19/h6-7,12,14,17H,4-5,8-11H2,1-3H3. The van der Waals surface area contributed by atoms with Crippen molar-refractivity contribution in [3.05, 3.63) is 23.4 Å². The van der Waals surface area contributed by atoms with Gasteiger partial charge in [0.25, 0.3) is 0 Å². The summed E-state index contributed by atoms with van der Waals surface area (Å²) in [5.74, 6) is 0.787. The number of carbonyl (C=O) groups excluding carboxylic acids is 1. The first-order valence-electron chi connectivity index (χ1n) is 7.50. The summed E-state index contributed by atoms with van der Waals surface area (Å²) in [6, 6.07) is 0.516. The van der Waals surface area contributed by atoms with E-state index in [1.165, 1.54) is 17.7 Å². The van der Waals surface area contributed by atoms with E-state index in [4.69, 9.17) is 0 Å². The molecule has 3 nitrogen and oxygen atoms in total. The monoisotopic (exact) mass is 262 g/mol. The van der Waals surface area contributed by atoms with Crippen molar-refractivity contribution in [2.45, 2.75) is 52.5 Å². The SMILES string of the molecule is CC(=O)N1CCC(NC2=CCCC=C2C(C)C)CC1. The van der Waals surface area contributed by atoms with E-state index in [1.807, 2.05) is 4.90 Å². The quantitative estimate of drug-likeness (QED) is 0.848. The van der Waals surface area contributed by atoms with Gasteiger partial charge in [0.1, 0.15) is 0 Å². The minimum atomic E-state index is 0.207. The third-order valence-electron chi connectivity index (χ3n) is 4.11. The summed E-state index contributed by atoms with van der Waals surface area (Å²) < 4.78 is 0. The van der Waals surface area contributed by atoms with Crippen molar-refractivity contribution in [3.8, 4) is 0 Å². The Hall–Kier alpha value is -1.25. The summed E-state index contributed by atoms with van der Waals surface area (Å²) in [7, 11) is 0. The normalized spacial score (nSPS) is 21.2. The Morgan fingerprint density at radius 1 is 1.26 bits per heavy atom. The number of nitrogens with one attached hydrogen (secondary N) is 1. The van der Waals surface area contributed by atoms with Gasteiger partial charge in [0, 0.05) is 31.8 Å². The topological polar surface area (TPSA) is 32.3 Å². The number of likely N-dealkylation sites (tertiary alicyclic amines) is 1. The Balaban J connectivity index is 1.90. The van der Waals surface area contributed by atoms with Gasteiger partial charge in [0.05, 0.1) is 0 Å². The number of carbonyl (C=O) groups is 1. The number of hydrogen-bond donors (Lipinski definition) is 1. The summed E-state index contributed by atoms with van der Waals surface area (Å²) in [6.45, 7) is 7.95. The second kappa shape index (κ2) is 6.27. The zero-order valence-corrected chi connectivity index (χ0v) is 12.4. The number of hydrogen-bond acceptors (Lipinski definition) is 2. The average Bonchev–Trinajstić information content (AvgIpc) is 2.39. The van der Waals surface area contributed by atoms with Crippen molar-refractivity contribution in [3.63, 3.8) is 0 Å². The second-order valence-corrected chi connectivity index (χ2v) is 5.93. The highest BCUT2D eigenvalue weighted by atomic mass is 16.2. The second-order valence-electron chi connectivity index (χ2n) is 5.93. The van der Waals surface area contributed by atoms with Gasteiger partial charge in [-0.2, -0.15) is 0 Å². The molecule has 19 heavy (non-hydrogen) atoms. The maximum atomic E-state index is 11.3. The fourth-order valence-corrected chi connectivity index (χ4v) is 2.94. The summed E-state index contributed by atoms with van der Waals surface area (Å²) in [4.78, 5) is 13.3. The Labute approximate surface area is 116 Å². The van der Waals surface area contributed by atoms with E-state index in [2.05, 4.69) is 31.3 Å². The van der Waals surface area contributed by atoms with E-state index in [9.17, 15) is 4.79 Å². The lowest BCUT2D eigenvalue weighted by atomic mass is 9.92. The van der Waals surface area contributed by atoms with Gasteiger partial charge in [-0.25, -0.2) is 0 Å². The average molecular weight is 262 g/mol. The zero-order chi connectivity index (χ0) is 13.8. The van der Waals surface area contributed by atoms with Gasteiger partial charge in [-0.3, -0.25) is 4.79 Å². The Kier molecular flexibility index (Phi) is 4.67. The third-order valence-corrected chi connectivity index (χ3v) is 4.11. The molecule has 1 amide bonds. The predicted molar refractivity (Wildman–Crippen MR) is 78.6 cm³/mol. The number of allylic oxidation sites excluding steroid dienone is 3. The maximum Gasteiger partial charge on any atom is 0.219 e. The highest BCUT2D eigenvalue weighted by Gasteiger charge is 2.22. The van der Waals surface area contributed by atoms with Crippen molar-refractivity contribution >= 4 is 5.91 Å². The van der Waals surface area contributed by atoms with Crippen molar-refractivity contribution in [2.24, 2.45) is 5.92 Å². The summed E-state index contributed by atoms with van der Waals surface area (Å²) in [5, 5.41) is 3.70. The van der Waals surface area contributed by atoms with Crippen molar-refractivity contribution < 1.29 is 4.79 Å². The highest BCUT2D eigenvalue weighted by molar-refractivity contribution is 5.73. The van der Waals surface area contributed by atoms with Crippen LogP contribution in [-0.2, 0) is 4.79 Å². The molecule has 0 atom stereocenters. The molecule has 0 aromatic heterocycles. The van der Waals surface area contributed by atoms with Gasteiger partial charge in [-0.1, -0.05) is 26.0 Å². The largest absolute Gasteiger partial charge is 0.382 e. The summed E-state index contributed by atoms with van der Waals surface area (Å²) >= 11 is 0. The fraction of sp³-hybridized carbons (Fsp3) is 0.688. The molecule has 1 aliphatic heterocycles. The molecule has 1 N–H and O–H groups in total. The molecule has 1 fully saturated rings. The molecule has 0 bridgehead atoms. The van der Waals surface area contributed by atoms with Gasteiger partial charge in [0.2, 0.25) is 5.91 Å². The van der Waals surface area contributed by atoms with E-state index in [-0.39, 0.29) is 5.91 Å². The van der Waals surface area contributed by atoms with Crippen LogP contribution >= 0.6 is 0 Å². The lowest BCUT2D eigenvalue weighted by Crippen LogP contribution is -2.44. The van der Waals surface area contributed by atoms with E-state index in [0.29, 0.717) is 12.0 Å². The van der Waals surface area contributed by atoms with Crippen LogP contribution in [0.3, 0.4) is 0 Å². The van der Waals surface area contributed by atoms with Crippen LogP contribution in [0.2, 0.25) is 0 Å². The molecule has 0 radical (unpaired) electrons. The summed E-state index contributed by atoms with van der Waals surface area (Å²) in [6.07, 6.45) is 9.14. The van der Waals surface area contributed by atoms with Crippen LogP contribution < -0.4 is 5.32 Å². The molecule has 0 aromatic carbocycles. The van der Waals surface area contributed by atoms with Crippen LogP contribution in [0.4, 0.5) is 0 Å². The predicted octanol–water partition coefficient (Wildman–Crippen LogP) is 2.85. The van der Waals surface area contributed by atoms with Crippen molar-refractivity contribution in [1.29, 1.82) is 0 Å². The van der Waals surface area contributed by atoms with E-state index in [1.54, 1.807) is 6.92 Å². The van der Waals surface area contributed by atoms with Crippen LogP contribution in [0.15, 0.2) is 23.4 Å². The first-order valence-corrected chi connectivity index (χ1v) is 7.50. The van der Waals surface area contributed by atoms with E-state index < -0.39 is 0 Å².